The van der Waals surface area contributed by atoms with Crippen LogP contribution < -0.4 is 0 Å². The van der Waals surface area contributed by atoms with Gasteiger partial charge in [0.05, 0.1) is 6.10 Å². The fourth-order valence-electron chi connectivity index (χ4n) is 9.48. The van der Waals surface area contributed by atoms with Gasteiger partial charge in [0.1, 0.15) is 11.5 Å². The third-order valence-corrected chi connectivity index (χ3v) is 17.3. The standard InChI is InChI=1S/C34H54O3Si/c1-32(2,3)38(6,7)37-30-15-14-28-31-24(12-8-10-23-11-9-13-26(35)20-23)21-25-22-27(36)16-18-33(25,4)29(31)17-19-34(28,30)5/h9,11,13,20,24-25,28-31,35H,8,10,12,14-19,21-22H2,1-7H3/t24?,25?,28-,29+,30?,31-,33-,34-/m0/s1. The molecule has 4 heteroatoms. The molecule has 1 aromatic carbocycles. The van der Waals surface area contributed by atoms with E-state index in [9.17, 15) is 9.90 Å². The zero-order chi connectivity index (χ0) is 27.5. The Morgan fingerprint density at radius 2 is 1.79 bits per heavy atom. The van der Waals surface area contributed by atoms with Gasteiger partial charge in [-0.2, -0.15) is 0 Å². The van der Waals surface area contributed by atoms with Gasteiger partial charge in [0.2, 0.25) is 0 Å². The molecule has 0 amide bonds. The number of hydrogen-bond acceptors (Lipinski definition) is 3. The highest BCUT2D eigenvalue weighted by Gasteiger charge is 2.63. The van der Waals surface area contributed by atoms with Crippen molar-refractivity contribution in [1.82, 2.24) is 0 Å². The molecular formula is C34H54O3Si. The zero-order valence-corrected chi connectivity index (χ0v) is 26.3. The number of aryl methyl sites for hydroxylation is 1. The lowest BCUT2D eigenvalue weighted by atomic mass is 9.42. The van der Waals surface area contributed by atoms with Gasteiger partial charge in [0.25, 0.3) is 0 Å². The van der Waals surface area contributed by atoms with E-state index in [1.807, 2.05) is 12.1 Å². The smallest absolute Gasteiger partial charge is 0.192 e. The summed E-state index contributed by atoms with van der Waals surface area (Å²) in [6.45, 7) is 17.2. The van der Waals surface area contributed by atoms with E-state index in [4.69, 9.17) is 4.43 Å². The molecule has 5 rings (SSSR count). The van der Waals surface area contributed by atoms with Crippen LogP contribution in [0.1, 0.15) is 104 Å². The van der Waals surface area contributed by atoms with E-state index in [1.165, 1.54) is 50.5 Å². The van der Waals surface area contributed by atoms with Crippen LogP contribution in [0.4, 0.5) is 0 Å². The number of Topliss-reactive ketones (excluding diaryl/α,β-unsaturated/α-hetero) is 1. The Bertz CT molecular complexity index is 1030. The molecule has 0 spiro atoms. The average Bonchev–Trinajstić information content (AvgIpc) is 3.15. The van der Waals surface area contributed by atoms with Gasteiger partial charge < -0.3 is 9.53 Å². The fourth-order valence-corrected chi connectivity index (χ4v) is 10.9. The highest BCUT2D eigenvalue weighted by molar-refractivity contribution is 6.74. The summed E-state index contributed by atoms with van der Waals surface area (Å²) in [6, 6.07) is 7.81. The minimum atomic E-state index is -1.83. The van der Waals surface area contributed by atoms with E-state index in [0.29, 0.717) is 34.9 Å². The molecule has 3 unspecified atom stereocenters. The van der Waals surface area contributed by atoms with Crippen LogP contribution in [-0.2, 0) is 15.6 Å². The predicted octanol–water partition coefficient (Wildman–Crippen LogP) is 8.94. The number of fused-ring (bicyclic) bond motifs is 5. The van der Waals surface area contributed by atoms with Crippen LogP contribution in [0.5, 0.6) is 5.75 Å². The summed E-state index contributed by atoms with van der Waals surface area (Å²) in [6.07, 6.45) is 13.0. The average molecular weight is 539 g/mol. The Morgan fingerprint density at radius 1 is 1.05 bits per heavy atom. The summed E-state index contributed by atoms with van der Waals surface area (Å²) in [7, 11) is -1.83. The number of phenolic OH excluding ortho intramolecular Hbond substituents is 1. The summed E-state index contributed by atoms with van der Waals surface area (Å²) in [4.78, 5) is 12.6. The first-order chi connectivity index (χ1) is 17.7. The first-order valence-electron chi connectivity index (χ1n) is 15.7. The third-order valence-electron chi connectivity index (χ3n) is 12.8. The number of carbonyl (C=O) groups is 1. The maximum absolute atomic E-state index is 12.6. The van der Waals surface area contributed by atoms with Gasteiger partial charge in [-0.3, -0.25) is 4.79 Å². The normalized spacial score (nSPS) is 39.4. The molecule has 4 saturated carbocycles. The van der Waals surface area contributed by atoms with Crippen LogP contribution in [0.3, 0.4) is 0 Å². The second kappa shape index (κ2) is 10.1. The Hall–Kier alpha value is -1.13. The van der Waals surface area contributed by atoms with Crippen molar-refractivity contribution in [3.8, 4) is 5.75 Å². The van der Waals surface area contributed by atoms with Crippen LogP contribution in [0, 0.1) is 40.4 Å². The fraction of sp³-hybridized carbons (Fsp3) is 0.794. The molecule has 1 N–H and O–H groups in total. The molecule has 4 aliphatic rings. The zero-order valence-electron chi connectivity index (χ0n) is 25.3. The molecule has 0 aromatic heterocycles. The quantitative estimate of drug-likeness (QED) is 0.368. The highest BCUT2D eigenvalue weighted by Crippen LogP contribution is 2.68. The van der Waals surface area contributed by atoms with Crippen molar-refractivity contribution in [3.63, 3.8) is 0 Å². The summed E-state index contributed by atoms with van der Waals surface area (Å²) in [5, 5.41) is 10.2. The molecule has 0 radical (unpaired) electrons. The number of hydrogen-bond donors (Lipinski definition) is 1. The van der Waals surface area contributed by atoms with Crippen LogP contribution in [0.25, 0.3) is 0 Å². The maximum Gasteiger partial charge on any atom is 0.192 e. The van der Waals surface area contributed by atoms with E-state index >= 15 is 0 Å². The number of carbonyl (C=O) groups excluding carboxylic acids is 1. The minimum Gasteiger partial charge on any atom is -0.508 e. The van der Waals surface area contributed by atoms with Gasteiger partial charge in [-0.1, -0.05) is 46.8 Å². The van der Waals surface area contributed by atoms with Crippen molar-refractivity contribution in [2.45, 2.75) is 129 Å². The Kier molecular flexibility index (Phi) is 7.51. The molecular weight excluding hydrogens is 484 g/mol. The van der Waals surface area contributed by atoms with Crippen molar-refractivity contribution in [2.75, 3.05) is 0 Å². The lowest BCUT2D eigenvalue weighted by molar-refractivity contribution is -0.155. The predicted molar refractivity (Wildman–Crippen MR) is 159 cm³/mol. The molecule has 0 heterocycles. The molecule has 3 nitrogen and oxygen atoms in total. The van der Waals surface area contributed by atoms with E-state index in [2.05, 4.69) is 53.8 Å². The molecule has 0 aliphatic heterocycles. The summed E-state index contributed by atoms with van der Waals surface area (Å²) in [5.41, 5.74) is 1.86. The molecule has 4 fully saturated rings. The van der Waals surface area contributed by atoms with Crippen LogP contribution in [0.15, 0.2) is 24.3 Å². The number of rotatable bonds is 6. The van der Waals surface area contributed by atoms with Crippen molar-refractivity contribution in [1.29, 1.82) is 0 Å². The molecule has 212 valence electrons. The molecule has 4 aliphatic carbocycles. The first kappa shape index (κ1) is 28.4. The molecule has 38 heavy (non-hydrogen) atoms. The van der Waals surface area contributed by atoms with Gasteiger partial charge >= 0.3 is 0 Å². The van der Waals surface area contributed by atoms with E-state index < -0.39 is 8.32 Å². The van der Waals surface area contributed by atoms with Crippen LogP contribution in [-0.4, -0.2) is 25.3 Å². The van der Waals surface area contributed by atoms with Gasteiger partial charge in [-0.15, -0.1) is 0 Å². The van der Waals surface area contributed by atoms with E-state index in [1.54, 1.807) is 6.07 Å². The lowest BCUT2D eigenvalue weighted by Gasteiger charge is -2.63. The molecule has 0 bridgehead atoms. The number of ketones is 1. The molecule has 0 saturated heterocycles. The van der Waals surface area contributed by atoms with Gasteiger partial charge in [0, 0.05) is 12.8 Å². The Balaban J connectivity index is 1.40. The number of phenols is 1. The SMILES string of the molecule is CC(C)(C)[Si](C)(C)OC1CC[C@H]2[C@@H]3C(CCCc4cccc(O)c4)CC4CC(=O)CC[C@]4(C)[C@@H]3CC[C@]12C. The number of benzene rings is 1. The van der Waals surface area contributed by atoms with E-state index in [0.717, 1.165) is 43.4 Å². The summed E-state index contributed by atoms with van der Waals surface area (Å²) >= 11 is 0. The lowest BCUT2D eigenvalue weighted by Crippen LogP contribution is -2.58. The second-order valence-electron chi connectivity index (χ2n) is 15.8. The third kappa shape index (κ3) is 4.95. The van der Waals surface area contributed by atoms with Crippen molar-refractivity contribution in [2.24, 2.45) is 40.4 Å². The molecule has 8 atom stereocenters. The summed E-state index contributed by atoms with van der Waals surface area (Å²) < 4.78 is 7.22. The van der Waals surface area contributed by atoms with Crippen molar-refractivity contribution < 1.29 is 14.3 Å². The monoisotopic (exact) mass is 538 g/mol. The Morgan fingerprint density at radius 3 is 2.50 bits per heavy atom. The summed E-state index contributed by atoms with van der Waals surface area (Å²) in [5.74, 6) is 4.42. The first-order valence-corrected chi connectivity index (χ1v) is 18.6. The van der Waals surface area contributed by atoms with Crippen molar-refractivity contribution in [3.05, 3.63) is 29.8 Å². The van der Waals surface area contributed by atoms with E-state index in [-0.39, 0.29) is 10.5 Å². The second-order valence-corrected chi connectivity index (χ2v) is 20.5. The maximum atomic E-state index is 12.6. The minimum absolute atomic E-state index is 0.243. The number of aromatic hydroxyl groups is 1. The largest absolute Gasteiger partial charge is 0.508 e. The van der Waals surface area contributed by atoms with Gasteiger partial charge in [-0.05, 0) is 134 Å². The van der Waals surface area contributed by atoms with Crippen LogP contribution >= 0.6 is 0 Å². The molecule has 1 aromatic rings. The van der Waals surface area contributed by atoms with Gasteiger partial charge in [0.15, 0.2) is 8.32 Å². The highest BCUT2D eigenvalue weighted by atomic mass is 28.4. The Labute approximate surface area is 233 Å². The van der Waals surface area contributed by atoms with Crippen LogP contribution in [0.2, 0.25) is 18.1 Å². The van der Waals surface area contributed by atoms with Crippen molar-refractivity contribution >= 4 is 14.1 Å². The van der Waals surface area contributed by atoms with Gasteiger partial charge in [-0.25, -0.2) is 0 Å². The topological polar surface area (TPSA) is 46.5 Å².